The van der Waals surface area contributed by atoms with Crippen LogP contribution in [0.1, 0.15) is 27.4 Å². The van der Waals surface area contributed by atoms with Crippen molar-refractivity contribution in [2.75, 3.05) is 31.1 Å². The monoisotopic (exact) mass is 456 g/mol. The predicted octanol–water partition coefficient (Wildman–Crippen LogP) is 4.82. The molecule has 4 rings (SSSR count). The number of hydrogen-bond donors (Lipinski definition) is 0. The molecule has 1 aromatic heterocycles. The molecule has 1 fully saturated rings. The minimum absolute atomic E-state index is 0.129. The number of carbonyl (C=O) groups is 1. The molecule has 0 spiro atoms. The smallest absolute Gasteiger partial charge is 0.289 e. The van der Waals surface area contributed by atoms with Gasteiger partial charge in [-0.05, 0) is 55.3 Å². The number of aryl methyl sites for hydroxylation is 2. The molecule has 0 unspecified atom stereocenters. The van der Waals surface area contributed by atoms with Gasteiger partial charge in [-0.2, -0.15) is 0 Å². The average Bonchev–Trinajstić information content (AvgIpc) is 3.23. The first-order chi connectivity index (χ1) is 14.9. The van der Waals surface area contributed by atoms with Crippen molar-refractivity contribution in [2.45, 2.75) is 24.5 Å². The van der Waals surface area contributed by atoms with E-state index in [4.69, 9.17) is 16.0 Å². The highest BCUT2D eigenvalue weighted by atomic mass is 35.5. The lowest BCUT2D eigenvalue weighted by molar-refractivity contribution is 0.0713. The number of piperazine rings is 1. The van der Waals surface area contributed by atoms with Crippen LogP contribution in [0, 0.1) is 13.8 Å². The van der Waals surface area contributed by atoms with Crippen LogP contribution in [0.4, 0.5) is 5.69 Å². The van der Waals surface area contributed by atoms with Gasteiger partial charge < -0.3 is 14.2 Å². The van der Waals surface area contributed by atoms with Crippen molar-refractivity contribution in [2.24, 2.45) is 0 Å². The first-order valence-electron chi connectivity index (χ1n) is 10.3. The van der Waals surface area contributed by atoms with Crippen molar-refractivity contribution in [3.05, 3.63) is 82.3 Å². The molecule has 1 amide bonds. The molecule has 1 aliphatic rings. The van der Waals surface area contributed by atoms with E-state index in [-0.39, 0.29) is 17.4 Å². The molecular weight excluding hydrogens is 432 g/mol. The Morgan fingerprint density at radius 1 is 1.03 bits per heavy atom. The van der Waals surface area contributed by atoms with Crippen molar-refractivity contribution in [3.8, 4) is 0 Å². The van der Waals surface area contributed by atoms with Gasteiger partial charge in [-0.1, -0.05) is 35.9 Å². The van der Waals surface area contributed by atoms with Crippen molar-refractivity contribution in [1.82, 2.24) is 4.90 Å². The molecule has 0 N–H and O–H groups in total. The molecule has 7 heteroatoms. The van der Waals surface area contributed by atoms with Crippen molar-refractivity contribution >= 4 is 34.0 Å². The Hall–Kier alpha value is -2.57. The molecule has 5 nitrogen and oxygen atoms in total. The largest absolute Gasteiger partial charge is 0.455 e. The van der Waals surface area contributed by atoms with E-state index in [9.17, 15) is 9.00 Å². The van der Waals surface area contributed by atoms with Gasteiger partial charge in [0.05, 0.1) is 26.5 Å². The zero-order chi connectivity index (χ0) is 22.0. The van der Waals surface area contributed by atoms with Crippen LogP contribution in [-0.4, -0.2) is 41.2 Å². The summed E-state index contributed by atoms with van der Waals surface area (Å²) in [5.41, 5.74) is 3.71. The maximum atomic E-state index is 12.9. The summed E-state index contributed by atoms with van der Waals surface area (Å²) in [6.07, 6.45) is 0. The topological polar surface area (TPSA) is 53.8 Å². The van der Waals surface area contributed by atoms with Gasteiger partial charge in [-0.25, -0.2) is 0 Å². The van der Waals surface area contributed by atoms with Gasteiger partial charge in [0.15, 0.2) is 5.76 Å². The summed E-state index contributed by atoms with van der Waals surface area (Å²) in [4.78, 5) is 17.6. The highest BCUT2D eigenvalue weighted by Crippen LogP contribution is 2.25. The summed E-state index contributed by atoms with van der Waals surface area (Å²) < 4.78 is 18.3. The minimum atomic E-state index is -1.34. The standard InChI is InChI=1S/C24H25ClN2O3S/c1-17-7-8-18(2)21(15-17)26-11-13-27(14-12-26)24(28)22-10-9-19(30-22)16-31(29)23-6-4-3-5-20(23)25/h3-10,15H,11-14,16H2,1-2H3/t31-/m0/s1. The summed E-state index contributed by atoms with van der Waals surface area (Å²) in [5.74, 6) is 0.842. The summed E-state index contributed by atoms with van der Waals surface area (Å²) in [6.45, 7) is 7.03. The predicted molar refractivity (Wildman–Crippen MR) is 124 cm³/mol. The van der Waals surface area contributed by atoms with Crippen LogP contribution < -0.4 is 4.90 Å². The molecule has 31 heavy (non-hydrogen) atoms. The third kappa shape index (κ3) is 4.86. The molecule has 0 radical (unpaired) electrons. The van der Waals surface area contributed by atoms with E-state index in [0.29, 0.717) is 28.8 Å². The van der Waals surface area contributed by atoms with Crippen LogP contribution in [0.25, 0.3) is 0 Å². The van der Waals surface area contributed by atoms with Gasteiger partial charge in [0.25, 0.3) is 5.91 Å². The second-order valence-electron chi connectivity index (χ2n) is 7.76. The number of benzene rings is 2. The van der Waals surface area contributed by atoms with E-state index in [1.165, 1.54) is 16.8 Å². The van der Waals surface area contributed by atoms with E-state index >= 15 is 0 Å². The van der Waals surface area contributed by atoms with Gasteiger partial charge >= 0.3 is 0 Å². The number of rotatable bonds is 5. The molecule has 2 heterocycles. The molecular formula is C24H25ClN2O3S. The normalized spacial score (nSPS) is 15.2. The summed E-state index contributed by atoms with van der Waals surface area (Å²) in [5, 5.41) is 0.463. The number of carbonyl (C=O) groups excluding carboxylic acids is 1. The molecule has 1 aliphatic heterocycles. The number of amides is 1. The third-order valence-electron chi connectivity index (χ3n) is 5.50. The number of anilines is 1. The Bertz CT molecular complexity index is 1120. The SMILES string of the molecule is Cc1ccc(C)c(N2CCN(C(=O)c3ccc(C[S@](=O)c4ccccc4Cl)o3)CC2)c1. The Kier molecular flexibility index (Phi) is 6.49. The fourth-order valence-corrected chi connectivity index (χ4v) is 5.25. The molecule has 3 aromatic rings. The number of nitrogens with zero attached hydrogens (tertiary/aromatic N) is 2. The maximum absolute atomic E-state index is 12.9. The van der Waals surface area contributed by atoms with Gasteiger partial charge in [-0.3, -0.25) is 9.00 Å². The molecule has 1 atom stereocenters. The lowest BCUT2D eigenvalue weighted by Crippen LogP contribution is -2.49. The van der Waals surface area contributed by atoms with E-state index in [2.05, 4.69) is 36.9 Å². The van der Waals surface area contributed by atoms with Crippen LogP contribution in [0.15, 0.2) is 63.9 Å². The molecule has 1 saturated heterocycles. The second-order valence-corrected chi connectivity index (χ2v) is 9.58. The Balaban J connectivity index is 1.38. The van der Waals surface area contributed by atoms with E-state index < -0.39 is 10.8 Å². The van der Waals surface area contributed by atoms with Gasteiger partial charge in [-0.15, -0.1) is 0 Å². The number of hydrogen-bond acceptors (Lipinski definition) is 4. The van der Waals surface area contributed by atoms with Crippen molar-refractivity contribution in [3.63, 3.8) is 0 Å². The second kappa shape index (κ2) is 9.28. The first-order valence-corrected chi connectivity index (χ1v) is 11.9. The fourth-order valence-electron chi connectivity index (χ4n) is 3.77. The zero-order valence-corrected chi connectivity index (χ0v) is 19.2. The molecule has 0 saturated carbocycles. The number of furan rings is 1. The highest BCUT2D eigenvalue weighted by molar-refractivity contribution is 7.84. The fraction of sp³-hybridized carbons (Fsp3) is 0.292. The van der Waals surface area contributed by atoms with Crippen LogP contribution in [0.5, 0.6) is 0 Å². The van der Waals surface area contributed by atoms with Crippen LogP contribution in [0.3, 0.4) is 0 Å². The van der Waals surface area contributed by atoms with Gasteiger partial charge in [0.1, 0.15) is 5.76 Å². The van der Waals surface area contributed by atoms with Gasteiger partial charge in [0.2, 0.25) is 0 Å². The van der Waals surface area contributed by atoms with E-state index in [1.807, 2.05) is 4.90 Å². The molecule has 162 valence electrons. The highest BCUT2D eigenvalue weighted by Gasteiger charge is 2.25. The molecule has 2 aromatic carbocycles. The number of halogens is 1. The van der Waals surface area contributed by atoms with Crippen LogP contribution in [-0.2, 0) is 16.6 Å². The third-order valence-corrected chi connectivity index (χ3v) is 7.33. The molecule has 0 bridgehead atoms. The maximum Gasteiger partial charge on any atom is 0.289 e. The summed E-state index contributed by atoms with van der Waals surface area (Å²) in [6, 6.07) is 16.9. The lowest BCUT2D eigenvalue weighted by Gasteiger charge is -2.36. The summed E-state index contributed by atoms with van der Waals surface area (Å²) >= 11 is 6.13. The first kappa shape index (κ1) is 21.7. The Morgan fingerprint density at radius 3 is 2.52 bits per heavy atom. The zero-order valence-electron chi connectivity index (χ0n) is 17.6. The molecule has 0 aliphatic carbocycles. The summed E-state index contributed by atoms with van der Waals surface area (Å²) in [7, 11) is -1.34. The Labute approximate surface area is 190 Å². The van der Waals surface area contributed by atoms with Gasteiger partial charge in [0, 0.05) is 31.9 Å². The van der Waals surface area contributed by atoms with E-state index in [1.54, 1.807) is 36.4 Å². The average molecular weight is 457 g/mol. The van der Waals surface area contributed by atoms with Crippen LogP contribution >= 0.6 is 11.6 Å². The van der Waals surface area contributed by atoms with Crippen LogP contribution in [0.2, 0.25) is 5.02 Å². The minimum Gasteiger partial charge on any atom is -0.455 e. The van der Waals surface area contributed by atoms with E-state index in [0.717, 1.165) is 13.1 Å². The van der Waals surface area contributed by atoms with Crippen molar-refractivity contribution < 1.29 is 13.4 Å². The quantitative estimate of drug-likeness (QED) is 0.552. The van der Waals surface area contributed by atoms with Crippen molar-refractivity contribution in [1.29, 1.82) is 0 Å². The Morgan fingerprint density at radius 2 is 1.77 bits per heavy atom. The lowest BCUT2D eigenvalue weighted by atomic mass is 10.1.